The summed E-state index contributed by atoms with van der Waals surface area (Å²) >= 11 is 0. The highest BCUT2D eigenvalue weighted by molar-refractivity contribution is 6.01. The van der Waals surface area contributed by atoms with Crippen LogP contribution in [0.1, 0.15) is 59.3 Å². The molecule has 220 valence electrons. The number of aliphatic hydroxyl groups excluding tert-OH is 1. The van der Waals surface area contributed by atoms with Crippen LogP contribution in [0.2, 0.25) is 0 Å². The van der Waals surface area contributed by atoms with Gasteiger partial charge in [-0.05, 0) is 63.1 Å². The van der Waals surface area contributed by atoms with Gasteiger partial charge >= 0.3 is 6.09 Å². The van der Waals surface area contributed by atoms with Gasteiger partial charge in [0.15, 0.2) is 24.3 Å². The number of piperazine rings is 1. The van der Waals surface area contributed by atoms with E-state index in [-0.39, 0.29) is 35.9 Å². The summed E-state index contributed by atoms with van der Waals surface area (Å²) in [6.07, 6.45) is 7.51. The maximum absolute atomic E-state index is 14.2. The minimum absolute atomic E-state index is 0.0101. The highest BCUT2D eigenvalue weighted by Gasteiger charge is 2.75. The molecule has 9 nitrogen and oxygen atoms in total. The number of carbonyl (C=O) groups is 3. The number of hydrogen-bond acceptors (Lipinski definition) is 8. The van der Waals surface area contributed by atoms with Crippen molar-refractivity contribution in [1.29, 1.82) is 0 Å². The Balaban J connectivity index is 1.28. The van der Waals surface area contributed by atoms with Crippen molar-refractivity contribution in [3.8, 4) is 0 Å². The topological polar surface area (TPSA) is 106 Å². The molecule has 0 spiro atoms. The molecule has 6 aliphatic rings. The summed E-state index contributed by atoms with van der Waals surface area (Å²) in [7, 11) is 2.02. The molecule has 0 radical (unpaired) electrons. The molecule has 2 heterocycles. The third-order valence-electron chi connectivity index (χ3n) is 11.3. The first-order valence-corrected chi connectivity index (χ1v) is 15.1. The van der Waals surface area contributed by atoms with E-state index in [9.17, 15) is 19.5 Å². The molecule has 0 aromatic carbocycles. The van der Waals surface area contributed by atoms with Crippen molar-refractivity contribution in [3.05, 3.63) is 23.8 Å². The van der Waals surface area contributed by atoms with Gasteiger partial charge in [0.05, 0.1) is 12.2 Å². The van der Waals surface area contributed by atoms with Crippen molar-refractivity contribution in [3.63, 3.8) is 0 Å². The number of likely N-dealkylation sites (N-methyl/N-ethyl adjacent to an activating group) is 1. The first kappa shape index (κ1) is 28.1. The van der Waals surface area contributed by atoms with Crippen molar-refractivity contribution in [2.45, 2.75) is 83.4 Å². The van der Waals surface area contributed by atoms with Gasteiger partial charge in [-0.2, -0.15) is 0 Å². The third kappa shape index (κ3) is 4.06. The number of Topliss-reactive ketones (excluding diaryl/α,β-unsaturated/α-hetero) is 1. The summed E-state index contributed by atoms with van der Waals surface area (Å²) in [5, 5.41) is 11.8. The number of rotatable bonds is 5. The molecule has 9 heteroatoms. The number of nitrogens with zero attached hydrogens (tertiary/aromatic N) is 2. The lowest BCUT2D eigenvalue weighted by atomic mass is 9.46. The Morgan fingerprint density at radius 1 is 1.20 bits per heavy atom. The number of amides is 1. The molecule has 6 rings (SSSR count). The Morgan fingerprint density at radius 2 is 1.95 bits per heavy atom. The van der Waals surface area contributed by atoms with Crippen LogP contribution in [0.3, 0.4) is 0 Å². The predicted molar refractivity (Wildman–Crippen MR) is 146 cm³/mol. The van der Waals surface area contributed by atoms with Gasteiger partial charge in [-0.15, -0.1) is 0 Å². The lowest BCUT2D eigenvalue weighted by molar-refractivity contribution is -0.200. The van der Waals surface area contributed by atoms with Crippen molar-refractivity contribution in [1.82, 2.24) is 9.80 Å². The average Bonchev–Trinajstić information content (AvgIpc) is 3.40. The Kier molecular flexibility index (Phi) is 7.04. The molecule has 9 atom stereocenters. The van der Waals surface area contributed by atoms with Crippen molar-refractivity contribution in [2.24, 2.45) is 28.6 Å². The fraction of sp³-hybridized carbons (Fsp3) is 0.774. The van der Waals surface area contributed by atoms with E-state index >= 15 is 0 Å². The lowest BCUT2D eigenvalue weighted by Crippen LogP contribution is -2.63. The Labute approximate surface area is 236 Å². The van der Waals surface area contributed by atoms with Crippen LogP contribution in [-0.2, 0) is 23.8 Å². The molecule has 5 fully saturated rings. The van der Waals surface area contributed by atoms with E-state index in [2.05, 4.69) is 25.7 Å². The molecular formula is C31H44N2O7. The summed E-state index contributed by atoms with van der Waals surface area (Å²) in [6, 6.07) is 0. The molecule has 0 aromatic heterocycles. The number of carbonyl (C=O) groups excluding carboxylic acids is 3. The quantitative estimate of drug-likeness (QED) is 0.551. The third-order valence-corrected chi connectivity index (χ3v) is 11.3. The van der Waals surface area contributed by atoms with E-state index in [0.717, 1.165) is 37.9 Å². The molecule has 1 amide bonds. The molecule has 2 saturated heterocycles. The van der Waals surface area contributed by atoms with E-state index < -0.39 is 41.0 Å². The van der Waals surface area contributed by atoms with Crippen LogP contribution >= 0.6 is 0 Å². The van der Waals surface area contributed by atoms with Crippen LogP contribution < -0.4 is 0 Å². The molecular weight excluding hydrogens is 512 g/mol. The van der Waals surface area contributed by atoms with Crippen LogP contribution in [-0.4, -0.2) is 96.5 Å². The molecule has 1 N–H and O–H groups in total. The Bertz CT molecular complexity index is 1130. The van der Waals surface area contributed by atoms with E-state index in [1.807, 2.05) is 13.1 Å². The van der Waals surface area contributed by atoms with Gasteiger partial charge in [0.25, 0.3) is 0 Å². The molecule has 2 aliphatic heterocycles. The Morgan fingerprint density at radius 3 is 2.67 bits per heavy atom. The van der Waals surface area contributed by atoms with Gasteiger partial charge < -0.3 is 29.1 Å². The number of fused-ring (bicyclic) bond motifs is 7. The minimum atomic E-state index is -1.28. The fourth-order valence-electron chi connectivity index (χ4n) is 9.32. The molecule has 0 aromatic rings. The van der Waals surface area contributed by atoms with Crippen LogP contribution in [0.4, 0.5) is 4.79 Å². The number of aliphatic hydroxyl groups is 1. The van der Waals surface area contributed by atoms with Crippen molar-refractivity contribution in [2.75, 3.05) is 39.8 Å². The standard InChI is InChI=1S/C31H44N2O7/c1-5-6-26-39-25-16-22-21-8-7-19-15-20(34)9-10-29(19,2)27(21)23(35)17-30(22,3)31(25,40-26)24(36)18-38-28(37)33-13-11-32(4)12-14-33/h9-10,15,21-23,25-27,35H,5-8,11-14,16-18H2,1-4H3/t21-,22-,23-,25+,26?,27+,29-,30-,31+/m0/s1. The summed E-state index contributed by atoms with van der Waals surface area (Å²) < 4.78 is 18.7. The van der Waals surface area contributed by atoms with Crippen molar-refractivity contribution >= 4 is 17.7 Å². The smallest absolute Gasteiger partial charge is 0.410 e. The first-order valence-electron chi connectivity index (χ1n) is 15.1. The summed E-state index contributed by atoms with van der Waals surface area (Å²) in [4.78, 5) is 43.1. The first-order chi connectivity index (χ1) is 19.0. The fourth-order valence-corrected chi connectivity index (χ4v) is 9.32. The largest absolute Gasteiger partial charge is 0.441 e. The van der Waals surface area contributed by atoms with Gasteiger partial charge in [0, 0.05) is 42.9 Å². The van der Waals surface area contributed by atoms with E-state index in [0.29, 0.717) is 32.4 Å². The second-order valence-electron chi connectivity index (χ2n) is 13.4. The lowest BCUT2D eigenvalue weighted by Gasteiger charge is -2.59. The van der Waals surface area contributed by atoms with Crippen LogP contribution in [0.25, 0.3) is 0 Å². The zero-order valence-corrected chi connectivity index (χ0v) is 24.3. The number of hydrogen-bond donors (Lipinski definition) is 1. The molecule has 0 bridgehead atoms. The zero-order valence-electron chi connectivity index (χ0n) is 24.3. The highest BCUT2D eigenvalue weighted by Crippen LogP contribution is 2.69. The van der Waals surface area contributed by atoms with E-state index in [4.69, 9.17) is 14.2 Å². The molecule has 3 saturated carbocycles. The van der Waals surface area contributed by atoms with Crippen LogP contribution in [0.5, 0.6) is 0 Å². The molecule has 1 unspecified atom stereocenters. The molecule has 4 aliphatic carbocycles. The van der Waals surface area contributed by atoms with Gasteiger partial charge in [0.2, 0.25) is 5.78 Å². The van der Waals surface area contributed by atoms with Gasteiger partial charge in [-0.25, -0.2) is 4.79 Å². The highest BCUT2D eigenvalue weighted by atomic mass is 16.7. The van der Waals surface area contributed by atoms with Crippen LogP contribution in [0, 0.1) is 28.6 Å². The molecule has 40 heavy (non-hydrogen) atoms. The second-order valence-corrected chi connectivity index (χ2v) is 13.4. The van der Waals surface area contributed by atoms with Gasteiger partial charge in [0.1, 0.15) is 0 Å². The monoisotopic (exact) mass is 556 g/mol. The summed E-state index contributed by atoms with van der Waals surface area (Å²) in [5.41, 5.74) is -1.25. The SMILES string of the molecule is CCCC1O[C@@H]2C[C@H]3[C@@H]4CCC5=CC(=O)C=C[C@]5(C)[C@H]4[C@@H](O)C[C@]3(C)[C@]2(C(=O)COC(=O)N2CCN(C)CC2)O1. The minimum Gasteiger partial charge on any atom is -0.441 e. The number of ether oxygens (including phenoxy) is 3. The average molecular weight is 557 g/mol. The number of ketones is 2. The van der Waals surface area contributed by atoms with E-state index in [1.165, 1.54) is 0 Å². The maximum Gasteiger partial charge on any atom is 0.410 e. The van der Waals surface area contributed by atoms with Gasteiger partial charge in [-0.1, -0.05) is 38.8 Å². The summed E-state index contributed by atoms with van der Waals surface area (Å²) in [5.74, 6) is -0.0674. The number of allylic oxidation sites excluding steroid dienone is 4. The zero-order chi connectivity index (χ0) is 28.4. The predicted octanol–water partition coefficient (Wildman–Crippen LogP) is 3.11. The van der Waals surface area contributed by atoms with Crippen LogP contribution in [0.15, 0.2) is 23.8 Å². The normalized spacial score (nSPS) is 44.4. The summed E-state index contributed by atoms with van der Waals surface area (Å²) in [6.45, 7) is 8.59. The van der Waals surface area contributed by atoms with Gasteiger partial charge in [-0.3, -0.25) is 9.59 Å². The van der Waals surface area contributed by atoms with E-state index in [1.54, 1.807) is 17.1 Å². The maximum atomic E-state index is 14.2. The second kappa shape index (κ2) is 10.0. The van der Waals surface area contributed by atoms with Crippen molar-refractivity contribution < 1.29 is 33.7 Å². The Hall–Kier alpha value is -2.07.